The number of hydrogen-bond donors (Lipinski definition) is 2. The van der Waals surface area contributed by atoms with Crippen LogP contribution in [0.5, 0.6) is 0 Å². The van der Waals surface area contributed by atoms with Gasteiger partial charge in [-0.05, 0) is 37.3 Å². The van der Waals surface area contributed by atoms with Crippen LogP contribution in [0.25, 0.3) is 0 Å². The predicted molar refractivity (Wildman–Crippen MR) is 51.7 cm³/mol. The number of aromatic nitrogens is 1. The van der Waals surface area contributed by atoms with Crippen LogP contribution in [-0.2, 0) is 0 Å². The molecule has 0 amide bonds. The third-order valence-corrected chi connectivity index (χ3v) is 2.46. The lowest BCUT2D eigenvalue weighted by Gasteiger charge is -2.02. The van der Waals surface area contributed by atoms with Gasteiger partial charge in [-0.3, -0.25) is 4.79 Å². The molecule has 2 N–H and O–H groups in total. The number of aryl methyl sites for hydroxylation is 1. The molecule has 1 fully saturated rings. The second-order valence-electron chi connectivity index (χ2n) is 3.57. The largest absolute Gasteiger partial charge is 0.325 e. The lowest BCUT2D eigenvalue weighted by atomic mass is 10.1. The summed E-state index contributed by atoms with van der Waals surface area (Å²) in [5.74, 6) is 0.561. The number of pyridine rings is 1. The van der Waals surface area contributed by atoms with Crippen molar-refractivity contribution in [3.8, 4) is 0 Å². The van der Waals surface area contributed by atoms with Crippen molar-refractivity contribution in [3.05, 3.63) is 33.2 Å². The third kappa shape index (κ3) is 1.41. The first-order valence-corrected chi connectivity index (χ1v) is 4.46. The van der Waals surface area contributed by atoms with Crippen molar-refractivity contribution < 1.29 is 0 Å². The van der Waals surface area contributed by atoms with Crippen molar-refractivity contribution in [2.24, 2.45) is 0 Å². The summed E-state index contributed by atoms with van der Waals surface area (Å²) in [6.07, 6.45) is 3.48. The summed E-state index contributed by atoms with van der Waals surface area (Å²) in [4.78, 5) is 14.2. The first kappa shape index (κ1) is 8.23. The van der Waals surface area contributed by atoms with Crippen molar-refractivity contribution in [2.45, 2.75) is 25.7 Å². The molecule has 0 aromatic carbocycles. The monoisotopic (exact) mass is 176 g/mol. The van der Waals surface area contributed by atoms with E-state index < -0.39 is 0 Å². The maximum Gasteiger partial charge on any atom is 0.257 e. The van der Waals surface area contributed by atoms with Crippen LogP contribution in [0.3, 0.4) is 0 Å². The van der Waals surface area contributed by atoms with Gasteiger partial charge >= 0.3 is 0 Å². The fraction of sp³-hybridized carbons (Fsp3) is 0.400. The highest BCUT2D eigenvalue weighted by Gasteiger charge is 2.25. The van der Waals surface area contributed by atoms with Gasteiger partial charge in [0.2, 0.25) is 0 Å². The Labute approximate surface area is 76.3 Å². The molecule has 1 aliphatic rings. The number of hydrogen-bond acceptors (Lipinski definition) is 2. The van der Waals surface area contributed by atoms with E-state index in [0.29, 0.717) is 11.5 Å². The van der Waals surface area contributed by atoms with Crippen LogP contribution < -0.4 is 5.56 Å². The van der Waals surface area contributed by atoms with Crippen LogP contribution in [0.2, 0.25) is 0 Å². The van der Waals surface area contributed by atoms with Gasteiger partial charge in [-0.25, -0.2) is 0 Å². The van der Waals surface area contributed by atoms with E-state index in [-0.39, 0.29) is 5.56 Å². The summed E-state index contributed by atoms with van der Waals surface area (Å²) in [5, 5.41) is 7.07. The van der Waals surface area contributed by atoms with Gasteiger partial charge in [0.25, 0.3) is 5.56 Å². The van der Waals surface area contributed by atoms with Crippen LogP contribution in [0.1, 0.15) is 35.6 Å². The summed E-state index contributed by atoms with van der Waals surface area (Å²) in [6.45, 7) is 1.88. The summed E-state index contributed by atoms with van der Waals surface area (Å²) < 4.78 is 0. The minimum absolute atomic E-state index is 0.128. The van der Waals surface area contributed by atoms with E-state index in [2.05, 4.69) is 4.98 Å². The van der Waals surface area contributed by atoms with Crippen LogP contribution >= 0.6 is 0 Å². The van der Waals surface area contributed by atoms with Gasteiger partial charge in [0.1, 0.15) is 0 Å². The SMILES string of the molecule is Cc1cc(C2CC2)[nH]c(=O)c1C=N. The third-order valence-electron chi connectivity index (χ3n) is 2.46. The molecule has 1 aromatic rings. The number of rotatable bonds is 2. The first-order valence-electron chi connectivity index (χ1n) is 4.46. The Morgan fingerprint density at radius 2 is 2.31 bits per heavy atom. The number of nitrogens with one attached hydrogen (secondary N) is 2. The average molecular weight is 176 g/mol. The van der Waals surface area contributed by atoms with Crippen LogP contribution in [-0.4, -0.2) is 11.2 Å². The Morgan fingerprint density at radius 3 is 2.77 bits per heavy atom. The normalized spacial score (nSPS) is 15.8. The smallest absolute Gasteiger partial charge is 0.257 e. The summed E-state index contributed by atoms with van der Waals surface area (Å²) in [7, 11) is 0. The molecule has 1 saturated carbocycles. The fourth-order valence-electron chi connectivity index (χ4n) is 1.52. The minimum Gasteiger partial charge on any atom is -0.325 e. The fourth-order valence-corrected chi connectivity index (χ4v) is 1.52. The van der Waals surface area contributed by atoms with E-state index in [4.69, 9.17) is 5.41 Å². The molecule has 1 aliphatic carbocycles. The Hall–Kier alpha value is -1.38. The molecule has 3 nitrogen and oxygen atoms in total. The maximum absolute atomic E-state index is 11.4. The van der Waals surface area contributed by atoms with E-state index in [9.17, 15) is 4.79 Å². The predicted octanol–water partition coefficient (Wildman–Crippen LogP) is 1.56. The second kappa shape index (κ2) is 2.83. The Balaban J connectivity index is 2.54. The zero-order valence-electron chi connectivity index (χ0n) is 7.55. The van der Waals surface area contributed by atoms with Crippen molar-refractivity contribution >= 4 is 6.21 Å². The van der Waals surface area contributed by atoms with Crippen LogP contribution in [0, 0.1) is 12.3 Å². The van der Waals surface area contributed by atoms with Crippen molar-refractivity contribution in [2.75, 3.05) is 0 Å². The Kier molecular flexibility index (Phi) is 1.79. The molecule has 3 heteroatoms. The standard InChI is InChI=1S/C10H12N2O/c1-6-4-9(7-2-3-7)12-10(13)8(6)5-11/h4-5,7,11H,2-3H2,1H3,(H,12,13). The van der Waals surface area contributed by atoms with Crippen molar-refractivity contribution in [3.63, 3.8) is 0 Å². The molecule has 1 aromatic heterocycles. The van der Waals surface area contributed by atoms with Crippen molar-refractivity contribution in [1.82, 2.24) is 4.98 Å². The van der Waals surface area contributed by atoms with Gasteiger partial charge in [0.15, 0.2) is 0 Å². The summed E-state index contributed by atoms with van der Waals surface area (Å²) in [6, 6.07) is 1.99. The van der Waals surface area contributed by atoms with E-state index in [1.807, 2.05) is 13.0 Å². The molecule has 0 radical (unpaired) electrons. The van der Waals surface area contributed by atoms with Gasteiger partial charge in [-0.2, -0.15) is 0 Å². The molecule has 2 rings (SSSR count). The summed E-state index contributed by atoms with van der Waals surface area (Å²) >= 11 is 0. The topological polar surface area (TPSA) is 56.7 Å². The lowest BCUT2D eigenvalue weighted by molar-refractivity contribution is 0.988. The van der Waals surface area contributed by atoms with Gasteiger partial charge in [0.05, 0.1) is 5.56 Å². The number of aromatic amines is 1. The van der Waals surface area contributed by atoms with Gasteiger partial charge < -0.3 is 10.4 Å². The summed E-state index contributed by atoms with van der Waals surface area (Å²) in [5.41, 5.74) is 2.29. The van der Waals surface area contributed by atoms with E-state index in [0.717, 1.165) is 17.5 Å². The van der Waals surface area contributed by atoms with Crippen molar-refractivity contribution in [1.29, 1.82) is 5.41 Å². The average Bonchev–Trinajstić information content (AvgIpc) is 2.85. The van der Waals surface area contributed by atoms with Crippen LogP contribution in [0.4, 0.5) is 0 Å². The molecule has 0 bridgehead atoms. The highest BCUT2D eigenvalue weighted by molar-refractivity contribution is 5.78. The molecule has 13 heavy (non-hydrogen) atoms. The zero-order chi connectivity index (χ0) is 9.42. The van der Waals surface area contributed by atoms with E-state index >= 15 is 0 Å². The second-order valence-corrected chi connectivity index (χ2v) is 3.57. The molecule has 0 atom stereocenters. The van der Waals surface area contributed by atoms with Gasteiger partial charge in [0, 0.05) is 11.9 Å². The van der Waals surface area contributed by atoms with Gasteiger partial charge in [-0.1, -0.05) is 0 Å². The Bertz CT molecular complexity index is 402. The zero-order valence-corrected chi connectivity index (χ0v) is 7.55. The first-order chi connectivity index (χ1) is 6.22. The molecular formula is C10H12N2O. The molecule has 0 aliphatic heterocycles. The minimum atomic E-state index is -0.128. The molecule has 68 valence electrons. The quantitative estimate of drug-likeness (QED) is 0.660. The van der Waals surface area contributed by atoms with E-state index in [1.165, 1.54) is 12.8 Å². The molecule has 0 unspecified atom stereocenters. The highest BCUT2D eigenvalue weighted by Crippen LogP contribution is 2.38. The lowest BCUT2D eigenvalue weighted by Crippen LogP contribution is -2.15. The highest BCUT2D eigenvalue weighted by atomic mass is 16.1. The Morgan fingerprint density at radius 1 is 1.62 bits per heavy atom. The maximum atomic E-state index is 11.4. The van der Waals surface area contributed by atoms with Gasteiger partial charge in [-0.15, -0.1) is 0 Å². The number of H-pyrrole nitrogens is 1. The van der Waals surface area contributed by atoms with E-state index in [1.54, 1.807) is 0 Å². The molecule has 1 heterocycles. The molecule has 0 spiro atoms. The molecule has 0 saturated heterocycles. The molecular weight excluding hydrogens is 164 g/mol. The van der Waals surface area contributed by atoms with Crippen LogP contribution in [0.15, 0.2) is 10.9 Å².